The summed E-state index contributed by atoms with van der Waals surface area (Å²) >= 11 is 0. The van der Waals surface area contributed by atoms with Gasteiger partial charge in [-0.05, 0) is 18.2 Å². The Labute approximate surface area is 126 Å². The summed E-state index contributed by atoms with van der Waals surface area (Å²) in [5.41, 5.74) is -1.47. The molecule has 118 valence electrons. The third-order valence-electron chi connectivity index (χ3n) is 3.45. The number of carbonyl (C=O) groups is 2. The van der Waals surface area contributed by atoms with Gasteiger partial charge in [-0.1, -0.05) is 12.6 Å². The predicted octanol–water partition coefficient (Wildman–Crippen LogP) is 0.951. The number of likely N-dealkylation sites (N-methyl/N-ethyl adjacent to an activating group) is 1. The molecule has 1 heterocycles. The average molecular weight is 310 g/mol. The first-order chi connectivity index (χ1) is 10.4. The van der Waals surface area contributed by atoms with Crippen LogP contribution in [0.3, 0.4) is 0 Å². The number of halogens is 2. The van der Waals surface area contributed by atoms with Gasteiger partial charge in [0.1, 0.15) is 17.2 Å². The van der Waals surface area contributed by atoms with E-state index in [1.807, 2.05) is 0 Å². The molecule has 0 radical (unpaired) electrons. The Morgan fingerprint density at radius 2 is 2.00 bits per heavy atom. The fourth-order valence-corrected chi connectivity index (χ4v) is 2.30. The van der Waals surface area contributed by atoms with Gasteiger partial charge < -0.3 is 15.0 Å². The molecule has 7 heteroatoms. The molecule has 0 saturated carbocycles. The molecule has 1 aliphatic heterocycles. The lowest BCUT2D eigenvalue weighted by Crippen LogP contribution is -2.61. The van der Waals surface area contributed by atoms with Crippen LogP contribution < -0.4 is 5.32 Å². The summed E-state index contributed by atoms with van der Waals surface area (Å²) < 4.78 is 32.9. The van der Waals surface area contributed by atoms with Crippen LogP contribution in [0.15, 0.2) is 30.9 Å². The SMILES string of the molecule is C=CC(=O)N(C)CC(=O)NC1(c2c(F)cccc2F)COC1. The monoisotopic (exact) mass is 310 g/mol. The molecule has 22 heavy (non-hydrogen) atoms. The molecule has 0 aromatic heterocycles. The lowest BCUT2D eigenvalue weighted by atomic mass is 9.87. The minimum absolute atomic E-state index is 0.0320. The highest BCUT2D eigenvalue weighted by Gasteiger charge is 2.45. The minimum Gasteiger partial charge on any atom is -0.376 e. The molecule has 1 N–H and O–H groups in total. The number of rotatable bonds is 5. The van der Waals surface area contributed by atoms with Crippen molar-refractivity contribution < 1.29 is 23.1 Å². The van der Waals surface area contributed by atoms with E-state index in [2.05, 4.69) is 11.9 Å². The van der Waals surface area contributed by atoms with Gasteiger partial charge in [0.25, 0.3) is 0 Å². The third-order valence-corrected chi connectivity index (χ3v) is 3.45. The number of nitrogens with zero attached hydrogens (tertiary/aromatic N) is 1. The summed E-state index contributed by atoms with van der Waals surface area (Å²) in [6, 6.07) is 3.50. The second kappa shape index (κ2) is 6.23. The van der Waals surface area contributed by atoms with Gasteiger partial charge in [0.2, 0.25) is 11.8 Å². The van der Waals surface area contributed by atoms with Crippen LogP contribution in [0.5, 0.6) is 0 Å². The predicted molar refractivity (Wildman–Crippen MR) is 74.8 cm³/mol. The van der Waals surface area contributed by atoms with Crippen molar-refractivity contribution >= 4 is 11.8 Å². The first-order valence-electron chi connectivity index (χ1n) is 6.60. The molecule has 1 aromatic rings. The normalized spacial score (nSPS) is 15.6. The standard InChI is InChI=1S/C15H16F2N2O3/c1-3-13(21)19(2)7-12(20)18-15(8-22-9-15)14-10(16)5-4-6-11(14)17/h3-6H,1,7-9H2,2H3,(H,18,20). The Morgan fingerprint density at radius 3 is 2.45 bits per heavy atom. The van der Waals surface area contributed by atoms with Crippen LogP contribution >= 0.6 is 0 Å². The average Bonchev–Trinajstić information content (AvgIpc) is 2.43. The van der Waals surface area contributed by atoms with E-state index in [1.54, 1.807) is 0 Å². The number of amides is 2. The Bertz CT molecular complexity index is 595. The topological polar surface area (TPSA) is 58.6 Å². The second-order valence-corrected chi connectivity index (χ2v) is 5.12. The van der Waals surface area contributed by atoms with Crippen LogP contribution in [0.2, 0.25) is 0 Å². The lowest BCUT2D eigenvalue weighted by molar-refractivity contribution is -0.139. The van der Waals surface area contributed by atoms with E-state index < -0.39 is 29.0 Å². The summed E-state index contributed by atoms with van der Waals surface area (Å²) in [5, 5.41) is 2.57. The van der Waals surface area contributed by atoms with Gasteiger partial charge in [-0.15, -0.1) is 0 Å². The maximum Gasteiger partial charge on any atom is 0.246 e. The number of hydrogen-bond acceptors (Lipinski definition) is 3. The zero-order chi connectivity index (χ0) is 16.3. The van der Waals surface area contributed by atoms with Crippen molar-refractivity contribution in [3.63, 3.8) is 0 Å². The first-order valence-corrected chi connectivity index (χ1v) is 6.60. The van der Waals surface area contributed by atoms with Crippen LogP contribution in [0, 0.1) is 11.6 Å². The number of ether oxygens (including phenoxy) is 1. The molecule has 1 fully saturated rings. The number of nitrogens with one attached hydrogen (secondary N) is 1. The molecule has 1 aromatic carbocycles. The van der Waals surface area contributed by atoms with Gasteiger partial charge >= 0.3 is 0 Å². The molecule has 0 atom stereocenters. The van der Waals surface area contributed by atoms with Gasteiger partial charge in [-0.25, -0.2) is 8.78 Å². The second-order valence-electron chi connectivity index (χ2n) is 5.12. The zero-order valence-corrected chi connectivity index (χ0v) is 12.1. The fourth-order valence-electron chi connectivity index (χ4n) is 2.30. The highest BCUT2D eigenvalue weighted by Crippen LogP contribution is 2.33. The summed E-state index contributed by atoms with van der Waals surface area (Å²) in [7, 11) is 1.43. The molecular weight excluding hydrogens is 294 g/mol. The van der Waals surface area contributed by atoms with E-state index >= 15 is 0 Å². The number of benzene rings is 1. The summed E-state index contributed by atoms with van der Waals surface area (Å²) in [6.45, 7) is 3.01. The van der Waals surface area contributed by atoms with Crippen molar-refractivity contribution in [3.05, 3.63) is 48.1 Å². The highest BCUT2D eigenvalue weighted by molar-refractivity contribution is 5.90. The van der Waals surface area contributed by atoms with E-state index in [1.165, 1.54) is 13.1 Å². The van der Waals surface area contributed by atoms with Gasteiger partial charge in [0.05, 0.1) is 25.3 Å². The lowest BCUT2D eigenvalue weighted by Gasteiger charge is -2.42. The van der Waals surface area contributed by atoms with Gasteiger partial charge in [-0.2, -0.15) is 0 Å². The molecule has 1 saturated heterocycles. The van der Waals surface area contributed by atoms with Crippen LogP contribution in [0.4, 0.5) is 8.78 Å². The highest BCUT2D eigenvalue weighted by atomic mass is 19.1. The largest absolute Gasteiger partial charge is 0.376 e. The molecule has 2 rings (SSSR count). The summed E-state index contributed by atoms with van der Waals surface area (Å²) in [4.78, 5) is 24.5. The fraction of sp³-hybridized carbons (Fsp3) is 0.333. The van der Waals surface area contributed by atoms with E-state index in [-0.39, 0.29) is 25.3 Å². The van der Waals surface area contributed by atoms with E-state index in [9.17, 15) is 18.4 Å². The minimum atomic E-state index is -1.25. The Morgan fingerprint density at radius 1 is 1.41 bits per heavy atom. The molecular formula is C15H16F2N2O3. The Balaban J connectivity index is 2.17. The molecule has 1 aliphatic rings. The third kappa shape index (κ3) is 2.99. The number of carbonyl (C=O) groups excluding carboxylic acids is 2. The number of hydrogen-bond donors (Lipinski definition) is 1. The van der Waals surface area contributed by atoms with Gasteiger partial charge in [0, 0.05) is 7.05 Å². The van der Waals surface area contributed by atoms with Crippen molar-refractivity contribution in [2.24, 2.45) is 0 Å². The van der Waals surface area contributed by atoms with Gasteiger partial charge in [0.15, 0.2) is 0 Å². The first kappa shape index (κ1) is 16.1. The smallest absolute Gasteiger partial charge is 0.246 e. The molecule has 5 nitrogen and oxygen atoms in total. The Hall–Kier alpha value is -2.28. The van der Waals surface area contributed by atoms with Crippen molar-refractivity contribution in [2.45, 2.75) is 5.54 Å². The van der Waals surface area contributed by atoms with Crippen LogP contribution in [-0.4, -0.2) is 43.5 Å². The zero-order valence-electron chi connectivity index (χ0n) is 12.1. The Kier molecular flexibility index (Phi) is 4.56. The van der Waals surface area contributed by atoms with Crippen molar-refractivity contribution in [1.82, 2.24) is 10.2 Å². The van der Waals surface area contributed by atoms with E-state index in [0.717, 1.165) is 23.1 Å². The van der Waals surface area contributed by atoms with Crippen LogP contribution in [-0.2, 0) is 19.9 Å². The molecule has 0 spiro atoms. The van der Waals surface area contributed by atoms with Gasteiger partial charge in [-0.3, -0.25) is 9.59 Å². The summed E-state index contributed by atoms with van der Waals surface area (Å²) in [5.74, 6) is -2.46. The molecule has 0 bridgehead atoms. The maximum atomic E-state index is 13.9. The molecule has 0 aliphatic carbocycles. The van der Waals surface area contributed by atoms with Crippen molar-refractivity contribution in [2.75, 3.05) is 26.8 Å². The van der Waals surface area contributed by atoms with Crippen LogP contribution in [0.25, 0.3) is 0 Å². The summed E-state index contributed by atoms with van der Waals surface area (Å²) in [6.07, 6.45) is 1.08. The molecule has 2 amide bonds. The maximum absolute atomic E-state index is 13.9. The van der Waals surface area contributed by atoms with Crippen LogP contribution in [0.1, 0.15) is 5.56 Å². The molecule has 0 unspecified atom stereocenters. The van der Waals surface area contributed by atoms with E-state index in [4.69, 9.17) is 4.74 Å². The van der Waals surface area contributed by atoms with Crippen molar-refractivity contribution in [3.8, 4) is 0 Å². The quantitative estimate of drug-likeness (QED) is 0.824. The van der Waals surface area contributed by atoms with E-state index in [0.29, 0.717) is 0 Å². The van der Waals surface area contributed by atoms with Crippen molar-refractivity contribution in [1.29, 1.82) is 0 Å².